The van der Waals surface area contributed by atoms with Gasteiger partial charge in [0.1, 0.15) is 0 Å². The molecule has 0 aliphatic carbocycles. The lowest BCUT2D eigenvalue weighted by atomic mass is 10.4. The van der Waals surface area contributed by atoms with E-state index in [1.807, 2.05) is 25.8 Å². The Kier molecular flexibility index (Phi) is 11.8. The van der Waals surface area contributed by atoms with Gasteiger partial charge in [-0.05, 0) is 27.2 Å². The Balaban J connectivity index is 0.00000529. The molecule has 0 atom stereocenters. The third-order valence-corrected chi connectivity index (χ3v) is 5.29. The van der Waals surface area contributed by atoms with E-state index in [1.54, 1.807) is 18.3 Å². The van der Waals surface area contributed by atoms with Gasteiger partial charge in [-0.2, -0.15) is 0 Å². The topological polar surface area (TPSA) is 86.7 Å². The molecule has 1 heterocycles. The lowest BCUT2D eigenvalue weighted by molar-refractivity contribution is 0.470. The van der Waals surface area contributed by atoms with Crippen molar-refractivity contribution >= 4 is 51.3 Å². The molecular weight excluding hydrogens is 461 g/mol. The molecule has 1 aromatic heterocycles. The lowest BCUT2D eigenvalue weighted by Crippen LogP contribution is -2.38. The molecule has 0 saturated heterocycles. The molecule has 10 heteroatoms. The normalized spacial score (nSPS) is 11.9. The van der Waals surface area contributed by atoms with Crippen LogP contribution < -0.4 is 10.0 Å². The summed E-state index contributed by atoms with van der Waals surface area (Å²) < 4.78 is 25.2. The van der Waals surface area contributed by atoms with Crippen LogP contribution in [0.4, 0.5) is 0 Å². The van der Waals surface area contributed by atoms with Crippen LogP contribution in [0.25, 0.3) is 0 Å². The molecule has 0 spiro atoms. The average Bonchev–Trinajstić information content (AvgIpc) is 2.90. The Morgan fingerprint density at radius 2 is 2.12 bits per heavy atom. The predicted molar refractivity (Wildman–Crippen MR) is 112 cm³/mol. The van der Waals surface area contributed by atoms with Crippen LogP contribution in [0.2, 0.25) is 0 Å². The van der Waals surface area contributed by atoms with Gasteiger partial charge in [-0.15, -0.1) is 35.3 Å². The number of rotatable bonds is 9. The van der Waals surface area contributed by atoms with Crippen molar-refractivity contribution in [3.05, 3.63) is 16.1 Å². The van der Waals surface area contributed by atoms with Gasteiger partial charge in [0.2, 0.25) is 10.0 Å². The fourth-order valence-corrected chi connectivity index (χ4v) is 3.13. The SMILES string of the molecule is CCNC(=NCCCNS(=O)(=O)CC)N(C)Cc1csc(C)n1.I. The van der Waals surface area contributed by atoms with Crippen LogP contribution in [0.1, 0.15) is 31.0 Å². The number of aliphatic imine (C=N–C) groups is 1. The van der Waals surface area contributed by atoms with Gasteiger partial charge in [-0.3, -0.25) is 4.99 Å². The first-order chi connectivity index (χ1) is 10.9. The highest BCUT2D eigenvalue weighted by Gasteiger charge is 2.09. The van der Waals surface area contributed by atoms with Crippen LogP contribution in [0, 0.1) is 6.92 Å². The quantitative estimate of drug-likeness (QED) is 0.239. The van der Waals surface area contributed by atoms with Gasteiger partial charge < -0.3 is 10.2 Å². The average molecular weight is 489 g/mol. The van der Waals surface area contributed by atoms with Crippen molar-refractivity contribution in [1.29, 1.82) is 0 Å². The van der Waals surface area contributed by atoms with Gasteiger partial charge in [0, 0.05) is 32.1 Å². The molecular formula is C14H28IN5O2S2. The zero-order valence-corrected chi connectivity index (χ0v) is 18.7. The number of hydrogen-bond acceptors (Lipinski definition) is 5. The van der Waals surface area contributed by atoms with Gasteiger partial charge in [-0.25, -0.2) is 18.1 Å². The number of nitrogens with one attached hydrogen (secondary N) is 2. The summed E-state index contributed by atoms with van der Waals surface area (Å²) >= 11 is 1.64. The molecule has 0 saturated carbocycles. The Morgan fingerprint density at radius 3 is 2.67 bits per heavy atom. The van der Waals surface area contributed by atoms with Gasteiger partial charge in [-0.1, -0.05) is 0 Å². The van der Waals surface area contributed by atoms with Gasteiger partial charge in [0.25, 0.3) is 0 Å². The molecule has 0 aromatic carbocycles. The zero-order valence-electron chi connectivity index (χ0n) is 14.7. The Bertz CT molecular complexity index is 604. The van der Waals surface area contributed by atoms with Crippen molar-refractivity contribution in [2.45, 2.75) is 33.7 Å². The summed E-state index contributed by atoms with van der Waals surface area (Å²) in [6.45, 7) is 8.08. The number of aryl methyl sites for hydroxylation is 1. The second-order valence-electron chi connectivity index (χ2n) is 5.10. The Labute approximate surface area is 166 Å². The molecule has 2 N–H and O–H groups in total. The molecule has 7 nitrogen and oxygen atoms in total. The van der Waals surface area contributed by atoms with Gasteiger partial charge in [0.05, 0.1) is 23.0 Å². The smallest absolute Gasteiger partial charge is 0.211 e. The second-order valence-corrected chi connectivity index (χ2v) is 8.26. The molecule has 0 aliphatic rings. The van der Waals surface area contributed by atoms with Crippen LogP contribution in [0.15, 0.2) is 10.4 Å². The fourth-order valence-electron chi connectivity index (χ4n) is 1.86. The first-order valence-corrected chi connectivity index (χ1v) is 10.3. The van der Waals surface area contributed by atoms with E-state index < -0.39 is 10.0 Å². The van der Waals surface area contributed by atoms with Crippen molar-refractivity contribution in [3.8, 4) is 0 Å². The van der Waals surface area contributed by atoms with E-state index in [-0.39, 0.29) is 29.7 Å². The summed E-state index contributed by atoms with van der Waals surface area (Å²) in [6.07, 6.45) is 0.664. The molecule has 0 aliphatic heterocycles. The summed E-state index contributed by atoms with van der Waals surface area (Å²) in [6, 6.07) is 0. The predicted octanol–water partition coefficient (Wildman–Crippen LogP) is 1.80. The minimum Gasteiger partial charge on any atom is -0.357 e. The number of guanidine groups is 1. The summed E-state index contributed by atoms with van der Waals surface area (Å²) in [5.74, 6) is 0.908. The molecule has 0 amide bonds. The number of thiazole rings is 1. The molecule has 0 radical (unpaired) electrons. The maximum atomic E-state index is 11.3. The fraction of sp³-hybridized carbons (Fsp3) is 0.714. The number of hydrogen-bond donors (Lipinski definition) is 2. The molecule has 0 unspecified atom stereocenters. The first kappa shape index (κ1) is 23.5. The standard InChI is InChI=1S/C14H27N5O2S2.HI/c1-5-15-14(16-8-7-9-17-23(20,21)6-2)19(4)10-13-11-22-12(3)18-13;/h11,17H,5-10H2,1-4H3,(H,15,16);1H. The molecule has 24 heavy (non-hydrogen) atoms. The third-order valence-electron chi connectivity index (χ3n) is 3.06. The summed E-state index contributed by atoms with van der Waals surface area (Å²) in [4.78, 5) is 11.0. The van der Waals surface area contributed by atoms with Crippen LogP contribution in [-0.4, -0.2) is 56.7 Å². The zero-order chi connectivity index (χ0) is 17.3. The maximum absolute atomic E-state index is 11.3. The highest BCUT2D eigenvalue weighted by molar-refractivity contribution is 14.0. The molecule has 0 bridgehead atoms. The van der Waals surface area contributed by atoms with E-state index in [4.69, 9.17) is 0 Å². The van der Waals surface area contributed by atoms with E-state index in [0.29, 0.717) is 26.1 Å². The van der Waals surface area contributed by atoms with Crippen LogP contribution in [0.5, 0.6) is 0 Å². The summed E-state index contributed by atoms with van der Waals surface area (Å²) in [5, 5.41) is 6.35. The van der Waals surface area contributed by atoms with Crippen LogP contribution in [0.3, 0.4) is 0 Å². The minimum atomic E-state index is -3.12. The maximum Gasteiger partial charge on any atom is 0.211 e. The Hall–Kier alpha value is -0.460. The van der Waals surface area contributed by atoms with E-state index >= 15 is 0 Å². The summed E-state index contributed by atoms with van der Waals surface area (Å²) in [7, 11) is -1.15. The molecule has 140 valence electrons. The van der Waals surface area contributed by atoms with Crippen molar-refractivity contribution < 1.29 is 8.42 Å². The van der Waals surface area contributed by atoms with E-state index in [1.165, 1.54) is 0 Å². The first-order valence-electron chi connectivity index (χ1n) is 7.75. The lowest BCUT2D eigenvalue weighted by Gasteiger charge is -2.21. The van der Waals surface area contributed by atoms with E-state index in [2.05, 4.69) is 25.4 Å². The van der Waals surface area contributed by atoms with Crippen molar-refractivity contribution in [2.24, 2.45) is 4.99 Å². The van der Waals surface area contributed by atoms with Gasteiger partial charge >= 0.3 is 0 Å². The highest BCUT2D eigenvalue weighted by atomic mass is 127. The summed E-state index contributed by atoms with van der Waals surface area (Å²) in [5.41, 5.74) is 1.02. The Morgan fingerprint density at radius 1 is 1.42 bits per heavy atom. The number of sulfonamides is 1. The van der Waals surface area contributed by atoms with E-state index in [0.717, 1.165) is 23.2 Å². The number of aromatic nitrogens is 1. The second kappa shape index (κ2) is 12.0. The number of halogens is 1. The van der Waals surface area contributed by atoms with Crippen LogP contribution in [-0.2, 0) is 16.6 Å². The van der Waals surface area contributed by atoms with E-state index in [9.17, 15) is 8.42 Å². The number of nitrogens with zero attached hydrogens (tertiary/aromatic N) is 3. The molecule has 1 rings (SSSR count). The molecule has 0 fully saturated rings. The molecule has 1 aromatic rings. The van der Waals surface area contributed by atoms with Crippen molar-refractivity contribution in [2.75, 3.05) is 32.4 Å². The largest absolute Gasteiger partial charge is 0.357 e. The third kappa shape index (κ3) is 9.14. The van der Waals surface area contributed by atoms with Gasteiger partial charge in [0.15, 0.2) is 5.96 Å². The van der Waals surface area contributed by atoms with Crippen molar-refractivity contribution in [1.82, 2.24) is 19.9 Å². The highest BCUT2D eigenvalue weighted by Crippen LogP contribution is 2.09. The van der Waals surface area contributed by atoms with Crippen LogP contribution >= 0.6 is 35.3 Å². The monoisotopic (exact) mass is 489 g/mol. The van der Waals surface area contributed by atoms with Crippen molar-refractivity contribution in [3.63, 3.8) is 0 Å². The minimum absolute atomic E-state index is 0.